The smallest absolute Gasteiger partial charge is 0.242 e. The molecule has 0 aromatic heterocycles. The van der Waals surface area contributed by atoms with E-state index in [0.29, 0.717) is 12.5 Å². The molecule has 1 fully saturated rings. The second-order valence-electron chi connectivity index (χ2n) is 5.51. The fourth-order valence-electron chi connectivity index (χ4n) is 2.06. The number of amides is 2. The molecule has 2 amide bonds. The molecular formula is C13H25N3O2. The van der Waals surface area contributed by atoms with Crippen LogP contribution in [0.25, 0.3) is 0 Å². The van der Waals surface area contributed by atoms with Crippen molar-refractivity contribution in [2.24, 2.45) is 11.8 Å². The molecule has 5 heteroatoms. The molecule has 5 nitrogen and oxygen atoms in total. The Morgan fingerprint density at radius 3 is 2.50 bits per heavy atom. The van der Waals surface area contributed by atoms with E-state index in [4.69, 9.17) is 0 Å². The molecular weight excluding hydrogens is 230 g/mol. The molecule has 0 bridgehead atoms. The van der Waals surface area contributed by atoms with Crippen LogP contribution in [0.3, 0.4) is 0 Å². The lowest BCUT2D eigenvalue weighted by molar-refractivity contribution is -0.130. The zero-order chi connectivity index (χ0) is 13.7. The van der Waals surface area contributed by atoms with E-state index in [2.05, 4.69) is 16.0 Å². The fourth-order valence-corrected chi connectivity index (χ4v) is 2.06. The van der Waals surface area contributed by atoms with E-state index in [-0.39, 0.29) is 23.8 Å². The summed E-state index contributed by atoms with van der Waals surface area (Å²) in [5, 5.41) is 8.84. The van der Waals surface area contributed by atoms with E-state index in [1.54, 1.807) is 6.92 Å². The van der Waals surface area contributed by atoms with Crippen LogP contribution in [0.2, 0.25) is 0 Å². The number of hydrogen-bond acceptors (Lipinski definition) is 3. The third kappa shape index (κ3) is 4.29. The Kier molecular flexibility index (Phi) is 5.59. The monoisotopic (exact) mass is 255 g/mol. The Hall–Kier alpha value is -1.10. The minimum Gasteiger partial charge on any atom is -0.354 e. The van der Waals surface area contributed by atoms with Gasteiger partial charge in [-0.2, -0.15) is 0 Å². The zero-order valence-corrected chi connectivity index (χ0v) is 11.7. The van der Waals surface area contributed by atoms with Crippen molar-refractivity contribution in [3.8, 4) is 0 Å². The molecule has 1 aliphatic heterocycles. The normalized spacial score (nSPS) is 24.9. The lowest BCUT2D eigenvalue weighted by Gasteiger charge is -2.19. The van der Waals surface area contributed by atoms with Crippen molar-refractivity contribution in [2.75, 3.05) is 13.1 Å². The highest BCUT2D eigenvalue weighted by Crippen LogP contribution is 2.15. The minimum atomic E-state index is -0.468. The molecule has 104 valence electrons. The third-order valence-electron chi connectivity index (χ3n) is 3.30. The molecule has 1 rings (SSSR count). The summed E-state index contributed by atoms with van der Waals surface area (Å²) in [4.78, 5) is 23.7. The van der Waals surface area contributed by atoms with E-state index < -0.39 is 6.04 Å². The molecule has 1 saturated heterocycles. The van der Waals surface area contributed by atoms with Gasteiger partial charge in [-0.1, -0.05) is 13.8 Å². The van der Waals surface area contributed by atoms with Crippen molar-refractivity contribution in [2.45, 2.75) is 46.2 Å². The Labute approximate surface area is 109 Å². The van der Waals surface area contributed by atoms with Gasteiger partial charge in [-0.15, -0.1) is 0 Å². The van der Waals surface area contributed by atoms with Crippen LogP contribution in [0.5, 0.6) is 0 Å². The molecule has 18 heavy (non-hydrogen) atoms. The Balaban J connectivity index is 2.36. The molecule has 0 spiro atoms. The topological polar surface area (TPSA) is 70.2 Å². The van der Waals surface area contributed by atoms with Crippen molar-refractivity contribution in [3.63, 3.8) is 0 Å². The zero-order valence-electron chi connectivity index (χ0n) is 11.7. The van der Waals surface area contributed by atoms with Crippen LogP contribution in [0.1, 0.15) is 34.1 Å². The quantitative estimate of drug-likeness (QED) is 0.660. The Morgan fingerprint density at radius 2 is 2.00 bits per heavy atom. The average Bonchev–Trinajstić information content (AvgIpc) is 2.72. The number of hydrogen-bond donors (Lipinski definition) is 3. The van der Waals surface area contributed by atoms with E-state index in [9.17, 15) is 9.59 Å². The van der Waals surface area contributed by atoms with Gasteiger partial charge in [-0.3, -0.25) is 9.59 Å². The maximum atomic E-state index is 12.0. The predicted octanol–water partition coefficient (Wildman–Crippen LogP) is 0.261. The van der Waals surface area contributed by atoms with Gasteiger partial charge in [-0.05, 0) is 32.7 Å². The molecule has 3 atom stereocenters. The first-order valence-electron chi connectivity index (χ1n) is 6.73. The van der Waals surface area contributed by atoms with Crippen LogP contribution in [-0.4, -0.2) is 37.0 Å². The number of carbonyl (C=O) groups is 2. The Morgan fingerprint density at radius 1 is 1.33 bits per heavy atom. The summed E-state index contributed by atoms with van der Waals surface area (Å²) >= 11 is 0. The molecule has 0 saturated carbocycles. The van der Waals surface area contributed by atoms with Gasteiger partial charge >= 0.3 is 0 Å². The highest BCUT2D eigenvalue weighted by molar-refractivity contribution is 5.88. The third-order valence-corrected chi connectivity index (χ3v) is 3.30. The van der Waals surface area contributed by atoms with Gasteiger partial charge < -0.3 is 16.0 Å². The van der Waals surface area contributed by atoms with Crippen molar-refractivity contribution in [1.82, 2.24) is 16.0 Å². The van der Waals surface area contributed by atoms with Gasteiger partial charge in [0.2, 0.25) is 11.8 Å². The lowest BCUT2D eigenvalue weighted by atomic mass is 10.0. The first-order valence-corrected chi connectivity index (χ1v) is 6.73. The first kappa shape index (κ1) is 15.0. The molecule has 0 aliphatic carbocycles. The molecule has 1 aliphatic rings. The standard InChI is InChI=1S/C13H25N3O2/c1-8(2)7-15-12(17)10(4)16-13(18)11-5-6-14-9(11)3/h8-11,14H,5-7H2,1-4H3,(H,15,17)(H,16,18). The Bertz CT molecular complexity index is 305. The van der Waals surface area contributed by atoms with Crippen LogP contribution in [0.15, 0.2) is 0 Å². The van der Waals surface area contributed by atoms with Crippen LogP contribution in [0, 0.1) is 11.8 Å². The van der Waals surface area contributed by atoms with Crippen LogP contribution in [0.4, 0.5) is 0 Å². The number of carbonyl (C=O) groups excluding carboxylic acids is 2. The highest BCUT2D eigenvalue weighted by Gasteiger charge is 2.30. The van der Waals surface area contributed by atoms with E-state index in [0.717, 1.165) is 13.0 Å². The van der Waals surface area contributed by atoms with Gasteiger partial charge in [0, 0.05) is 12.6 Å². The van der Waals surface area contributed by atoms with Gasteiger partial charge in [0.25, 0.3) is 0 Å². The second-order valence-corrected chi connectivity index (χ2v) is 5.51. The minimum absolute atomic E-state index is 0.0228. The molecule has 3 unspecified atom stereocenters. The van der Waals surface area contributed by atoms with Gasteiger partial charge in [0.05, 0.1) is 5.92 Å². The van der Waals surface area contributed by atoms with E-state index in [1.807, 2.05) is 20.8 Å². The lowest BCUT2D eigenvalue weighted by Crippen LogP contribution is -2.48. The molecule has 0 radical (unpaired) electrons. The summed E-state index contributed by atoms with van der Waals surface area (Å²) in [5.41, 5.74) is 0. The maximum absolute atomic E-state index is 12.0. The molecule has 0 aromatic rings. The van der Waals surface area contributed by atoms with E-state index in [1.165, 1.54) is 0 Å². The second kappa shape index (κ2) is 6.73. The summed E-state index contributed by atoms with van der Waals surface area (Å²) in [6.07, 6.45) is 0.841. The highest BCUT2D eigenvalue weighted by atomic mass is 16.2. The largest absolute Gasteiger partial charge is 0.354 e. The summed E-state index contributed by atoms with van der Waals surface area (Å²) in [5.74, 6) is 0.247. The van der Waals surface area contributed by atoms with Gasteiger partial charge in [0.1, 0.15) is 6.04 Å². The van der Waals surface area contributed by atoms with Gasteiger partial charge in [0.15, 0.2) is 0 Å². The molecule has 0 aromatic carbocycles. The maximum Gasteiger partial charge on any atom is 0.242 e. The van der Waals surface area contributed by atoms with Crippen LogP contribution >= 0.6 is 0 Å². The van der Waals surface area contributed by atoms with Crippen molar-refractivity contribution in [1.29, 1.82) is 0 Å². The summed E-state index contributed by atoms with van der Waals surface area (Å²) in [6.45, 7) is 9.31. The molecule has 3 N–H and O–H groups in total. The average molecular weight is 255 g/mol. The van der Waals surface area contributed by atoms with Crippen LogP contribution in [-0.2, 0) is 9.59 Å². The number of rotatable bonds is 5. The molecule has 1 heterocycles. The summed E-state index contributed by atoms with van der Waals surface area (Å²) in [7, 11) is 0. The SMILES string of the molecule is CC(C)CNC(=O)C(C)NC(=O)C1CCNC1C. The predicted molar refractivity (Wildman–Crippen MR) is 71.0 cm³/mol. The fraction of sp³-hybridized carbons (Fsp3) is 0.846. The number of nitrogens with one attached hydrogen (secondary N) is 3. The van der Waals surface area contributed by atoms with Gasteiger partial charge in [-0.25, -0.2) is 0 Å². The first-order chi connectivity index (χ1) is 8.41. The van der Waals surface area contributed by atoms with Crippen molar-refractivity contribution in [3.05, 3.63) is 0 Å². The summed E-state index contributed by atoms with van der Waals surface area (Å²) < 4.78 is 0. The van der Waals surface area contributed by atoms with E-state index >= 15 is 0 Å². The van der Waals surface area contributed by atoms with Crippen LogP contribution < -0.4 is 16.0 Å². The van der Waals surface area contributed by atoms with Crippen molar-refractivity contribution < 1.29 is 9.59 Å². The van der Waals surface area contributed by atoms with Crippen molar-refractivity contribution >= 4 is 11.8 Å². The summed E-state index contributed by atoms with van der Waals surface area (Å²) in [6, 6.07) is -0.278.